The number of urea groups is 1. The molecule has 0 radical (unpaired) electrons. The van der Waals surface area contributed by atoms with E-state index in [0.29, 0.717) is 11.3 Å². The van der Waals surface area contributed by atoms with Gasteiger partial charge in [-0.05, 0) is 57.7 Å². The summed E-state index contributed by atoms with van der Waals surface area (Å²) in [6.45, 7) is 3.78. The molecule has 0 bridgehead atoms. The SMILES string of the molecule is CC(C)NC(=O)Nc1cccc(C(=O)NC2CCC(N)CC2)c1. The minimum atomic E-state index is -0.279. The molecule has 0 heterocycles. The number of anilines is 1. The summed E-state index contributed by atoms with van der Waals surface area (Å²) in [4.78, 5) is 24.1. The maximum atomic E-state index is 12.3. The topological polar surface area (TPSA) is 96.2 Å². The van der Waals surface area contributed by atoms with Crippen molar-refractivity contribution < 1.29 is 9.59 Å². The Hall–Kier alpha value is -2.08. The quantitative estimate of drug-likeness (QED) is 0.685. The fraction of sp³-hybridized carbons (Fsp3) is 0.529. The van der Waals surface area contributed by atoms with E-state index in [4.69, 9.17) is 5.73 Å². The van der Waals surface area contributed by atoms with Crippen molar-refractivity contribution in [3.05, 3.63) is 29.8 Å². The lowest BCUT2D eigenvalue weighted by molar-refractivity contribution is 0.0926. The molecular weight excluding hydrogens is 292 g/mol. The summed E-state index contributed by atoms with van der Waals surface area (Å²) in [7, 11) is 0. The maximum absolute atomic E-state index is 12.3. The van der Waals surface area contributed by atoms with Crippen molar-refractivity contribution in [2.24, 2.45) is 5.73 Å². The van der Waals surface area contributed by atoms with Gasteiger partial charge >= 0.3 is 6.03 Å². The smallest absolute Gasteiger partial charge is 0.319 e. The number of nitrogens with one attached hydrogen (secondary N) is 3. The zero-order chi connectivity index (χ0) is 16.8. The fourth-order valence-electron chi connectivity index (χ4n) is 2.70. The van der Waals surface area contributed by atoms with Crippen LogP contribution in [0.4, 0.5) is 10.5 Å². The van der Waals surface area contributed by atoms with Gasteiger partial charge in [0.1, 0.15) is 0 Å². The van der Waals surface area contributed by atoms with Gasteiger partial charge in [0.05, 0.1) is 0 Å². The van der Waals surface area contributed by atoms with Crippen LogP contribution in [-0.4, -0.2) is 30.1 Å². The molecule has 0 atom stereocenters. The summed E-state index contributed by atoms with van der Waals surface area (Å²) in [6.07, 6.45) is 3.73. The van der Waals surface area contributed by atoms with Crippen molar-refractivity contribution >= 4 is 17.6 Å². The van der Waals surface area contributed by atoms with Crippen LogP contribution in [0.15, 0.2) is 24.3 Å². The molecular formula is C17H26N4O2. The first-order valence-electron chi connectivity index (χ1n) is 8.18. The van der Waals surface area contributed by atoms with E-state index < -0.39 is 0 Å². The lowest BCUT2D eigenvalue weighted by atomic mass is 9.91. The summed E-state index contributed by atoms with van der Waals surface area (Å²) < 4.78 is 0. The second-order valence-corrected chi connectivity index (χ2v) is 6.42. The first kappa shape index (κ1) is 17.3. The molecule has 5 N–H and O–H groups in total. The molecule has 1 aromatic rings. The lowest BCUT2D eigenvalue weighted by Crippen LogP contribution is -2.40. The maximum Gasteiger partial charge on any atom is 0.319 e. The second-order valence-electron chi connectivity index (χ2n) is 6.42. The van der Waals surface area contributed by atoms with Gasteiger partial charge in [0.25, 0.3) is 5.91 Å². The predicted molar refractivity (Wildman–Crippen MR) is 91.4 cm³/mol. The highest BCUT2D eigenvalue weighted by Gasteiger charge is 2.20. The Labute approximate surface area is 137 Å². The number of carbonyl (C=O) groups excluding carboxylic acids is 2. The predicted octanol–water partition coefficient (Wildman–Crippen LogP) is 2.22. The first-order chi connectivity index (χ1) is 10.9. The van der Waals surface area contributed by atoms with Crippen molar-refractivity contribution in [2.45, 2.75) is 57.7 Å². The number of hydrogen-bond donors (Lipinski definition) is 4. The Morgan fingerprint density at radius 1 is 1.17 bits per heavy atom. The zero-order valence-electron chi connectivity index (χ0n) is 13.8. The number of carbonyl (C=O) groups is 2. The van der Waals surface area contributed by atoms with Gasteiger partial charge < -0.3 is 21.7 Å². The van der Waals surface area contributed by atoms with Gasteiger partial charge in [0.15, 0.2) is 0 Å². The van der Waals surface area contributed by atoms with Crippen molar-refractivity contribution in [2.75, 3.05) is 5.32 Å². The van der Waals surface area contributed by atoms with E-state index in [-0.39, 0.29) is 30.1 Å². The van der Waals surface area contributed by atoms with E-state index in [0.717, 1.165) is 25.7 Å². The second kappa shape index (κ2) is 7.97. The normalized spacial score (nSPS) is 20.9. The van der Waals surface area contributed by atoms with Gasteiger partial charge in [-0.15, -0.1) is 0 Å². The standard InChI is InChI=1S/C17H26N4O2/c1-11(2)19-17(23)21-15-5-3-4-12(10-15)16(22)20-14-8-6-13(18)7-9-14/h3-5,10-11,13-14H,6-9,18H2,1-2H3,(H,20,22)(H2,19,21,23). The Morgan fingerprint density at radius 2 is 1.87 bits per heavy atom. The van der Waals surface area contributed by atoms with Gasteiger partial charge in [0, 0.05) is 29.4 Å². The summed E-state index contributed by atoms with van der Waals surface area (Å²) >= 11 is 0. The third-order valence-electron chi connectivity index (χ3n) is 3.91. The summed E-state index contributed by atoms with van der Waals surface area (Å²) in [5.74, 6) is -0.113. The first-order valence-corrected chi connectivity index (χ1v) is 8.18. The Bertz CT molecular complexity index is 551. The highest BCUT2D eigenvalue weighted by molar-refractivity contribution is 5.97. The molecule has 1 saturated carbocycles. The Morgan fingerprint density at radius 3 is 2.52 bits per heavy atom. The van der Waals surface area contributed by atoms with Crippen LogP contribution in [0.1, 0.15) is 49.9 Å². The largest absolute Gasteiger partial charge is 0.349 e. The minimum Gasteiger partial charge on any atom is -0.349 e. The molecule has 3 amide bonds. The van der Waals surface area contributed by atoms with Crippen LogP contribution < -0.4 is 21.7 Å². The molecule has 6 nitrogen and oxygen atoms in total. The van der Waals surface area contributed by atoms with Crippen LogP contribution in [-0.2, 0) is 0 Å². The molecule has 0 spiro atoms. The molecule has 0 unspecified atom stereocenters. The van der Waals surface area contributed by atoms with E-state index in [2.05, 4.69) is 16.0 Å². The van der Waals surface area contributed by atoms with Crippen molar-refractivity contribution in [3.63, 3.8) is 0 Å². The molecule has 23 heavy (non-hydrogen) atoms. The van der Waals surface area contributed by atoms with E-state index in [1.165, 1.54) is 0 Å². The summed E-state index contributed by atoms with van der Waals surface area (Å²) in [6, 6.07) is 7.17. The lowest BCUT2D eigenvalue weighted by Gasteiger charge is -2.26. The number of hydrogen-bond acceptors (Lipinski definition) is 3. The average Bonchev–Trinajstić information content (AvgIpc) is 2.49. The van der Waals surface area contributed by atoms with Gasteiger partial charge in [0.2, 0.25) is 0 Å². The van der Waals surface area contributed by atoms with Crippen LogP contribution in [0.5, 0.6) is 0 Å². The Kier molecular flexibility index (Phi) is 5.98. The van der Waals surface area contributed by atoms with Crippen molar-refractivity contribution in [1.29, 1.82) is 0 Å². The highest BCUT2D eigenvalue weighted by atomic mass is 16.2. The fourth-order valence-corrected chi connectivity index (χ4v) is 2.70. The number of benzene rings is 1. The van der Waals surface area contributed by atoms with Gasteiger partial charge in [-0.2, -0.15) is 0 Å². The molecule has 1 aliphatic carbocycles. The number of amides is 3. The molecule has 126 valence electrons. The third kappa shape index (κ3) is 5.56. The number of nitrogens with two attached hydrogens (primary N) is 1. The summed E-state index contributed by atoms with van der Waals surface area (Å²) in [5.41, 5.74) is 7.02. The molecule has 0 aliphatic heterocycles. The van der Waals surface area contributed by atoms with Crippen LogP contribution in [0.3, 0.4) is 0 Å². The molecule has 2 rings (SSSR count). The van der Waals surface area contributed by atoms with Gasteiger partial charge in [-0.1, -0.05) is 6.07 Å². The molecule has 1 aromatic carbocycles. The van der Waals surface area contributed by atoms with Crippen LogP contribution in [0.25, 0.3) is 0 Å². The van der Waals surface area contributed by atoms with E-state index in [1.807, 2.05) is 13.8 Å². The third-order valence-corrected chi connectivity index (χ3v) is 3.91. The van der Waals surface area contributed by atoms with Crippen molar-refractivity contribution in [1.82, 2.24) is 10.6 Å². The van der Waals surface area contributed by atoms with Crippen LogP contribution >= 0.6 is 0 Å². The van der Waals surface area contributed by atoms with Crippen LogP contribution in [0, 0.1) is 0 Å². The van der Waals surface area contributed by atoms with Gasteiger partial charge in [-0.25, -0.2) is 4.79 Å². The zero-order valence-corrected chi connectivity index (χ0v) is 13.8. The van der Waals surface area contributed by atoms with Gasteiger partial charge in [-0.3, -0.25) is 4.79 Å². The van der Waals surface area contributed by atoms with E-state index in [9.17, 15) is 9.59 Å². The number of rotatable bonds is 4. The average molecular weight is 318 g/mol. The molecule has 1 aliphatic rings. The molecule has 6 heteroatoms. The van der Waals surface area contributed by atoms with E-state index in [1.54, 1.807) is 24.3 Å². The highest BCUT2D eigenvalue weighted by Crippen LogP contribution is 2.18. The molecule has 0 saturated heterocycles. The summed E-state index contributed by atoms with van der Waals surface area (Å²) in [5, 5.41) is 8.52. The Balaban J connectivity index is 1.93. The molecule has 0 aromatic heterocycles. The van der Waals surface area contributed by atoms with E-state index >= 15 is 0 Å². The molecule has 1 fully saturated rings. The van der Waals surface area contributed by atoms with Crippen LogP contribution in [0.2, 0.25) is 0 Å². The monoisotopic (exact) mass is 318 g/mol. The van der Waals surface area contributed by atoms with Crippen molar-refractivity contribution in [3.8, 4) is 0 Å². The minimum absolute atomic E-state index is 0.0548.